The van der Waals surface area contributed by atoms with Crippen LogP contribution in [0.5, 0.6) is 0 Å². The summed E-state index contributed by atoms with van der Waals surface area (Å²) in [5.74, 6) is -0.415. The predicted molar refractivity (Wildman–Crippen MR) is 74.4 cm³/mol. The standard InChI is InChI=1S/C14H19FN2O2S/c1-9-6-10(15)2-5-14(9)20(18,19)17-13-7-11-3-4-12(8-13)16-11/h2,5-6,11-13,16-17H,3-4,7-8H2,1H3. The van der Waals surface area contributed by atoms with E-state index < -0.39 is 15.8 Å². The molecule has 2 unspecified atom stereocenters. The zero-order valence-corrected chi connectivity index (χ0v) is 12.2. The molecule has 0 aromatic heterocycles. The summed E-state index contributed by atoms with van der Waals surface area (Å²) in [4.78, 5) is 0.171. The molecule has 1 aromatic carbocycles. The van der Waals surface area contributed by atoms with Crippen molar-refractivity contribution in [2.45, 2.75) is 55.6 Å². The lowest BCUT2D eigenvalue weighted by Gasteiger charge is -2.29. The van der Waals surface area contributed by atoms with Gasteiger partial charge in [0.2, 0.25) is 10.0 Å². The summed E-state index contributed by atoms with van der Waals surface area (Å²) in [6, 6.07) is 4.60. The summed E-state index contributed by atoms with van der Waals surface area (Å²) in [6.45, 7) is 1.61. The van der Waals surface area contributed by atoms with E-state index in [1.807, 2.05) is 0 Å². The highest BCUT2D eigenvalue weighted by atomic mass is 32.2. The largest absolute Gasteiger partial charge is 0.311 e. The van der Waals surface area contributed by atoms with Crippen molar-refractivity contribution in [2.75, 3.05) is 0 Å². The Bertz CT molecular complexity index is 606. The number of rotatable bonds is 3. The minimum absolute atomic E-state index is 0.0248. The van der Waals surface area contributed by atoms with Gasteiger partial charge in [-0.15, -0.1) is 0 Å². The Labute approximate surface area is 118 Å². The molecule has 0 spiro atoms. The van der Waals surface area contributed by atoms with Crippen LogP contribution in [0.15, 0.2) is 23.1 Å². The van der Waals surface area contributed by atoms with Crippen LogP contribution in [-0.4, -0.2) is 26.5 Å². The molecule has 2 fully saturated rings. The molecule has 0 radical (unpaired) electrons. The fraction of sp³-hybridized carbons (Fsp3) is 0.571. The Hall–Kier alpha value is -0.980. The minimum Gasteiger partial charge on any atom is -0.311 e. The molecular formula is C14H19FN2O2S. The summed E-state index contributed by atoms with van der Waals surface area (Å²) < 4.78 is 40.7. The molecule has 2 N–H and O–H groups in total. The average Bonchev–Trinajstić information content (AvgIpc) is 2.67. The van der Waals surface area contributed by atoms with Crippen LogP contribution in [0.2, 0.25) is 0 Å². The molecule has 0 saturated carbocycles. The maximum atomic E-state index is 13.1. The van der Waals surface area contributed by atoms with Crippen molar-refractivity contribution in [3.8, 4) is 0 Å². The molecule has 2 bridgehead atoms. The van der Waals surface area contributed by atoms with Crippen molar-refractivity contribution < 1.29 is 12.8 Å². The first-order chi connectivity index (χ1) is 9.44. The molecule has 2 atom stereocenters. The van der Waals surface area contributed by atoms with E-state index >= 15 is 0 Å². The number of sulfonamides is 1. The van der Waals surface area contributed by atoms with E-state index in [1.165, 1.54) is 18.2 Å². The van der Waals surface area contributed by atoms with E-state index in [-0.39, 0.29) is 10.9 Å². The molecule has 110 valence electrons. The first kappa shape index (κ1) is 14.0. The highest BCUT2D eigenvalue weighted by molar-refractivity contribution is 7.89. The van der Waals surface area contributed by atoms with Crippen molar-refractivity contribution in [3.05, 3.63) is 29.6 Å². The number of piperidine rings is 1. The lowest BCUT2D eigenvalue weighted by molar-refractivity contribution is 0.345. The topological polar surface area (TPSA) is 58.2 Å². The van der Waals surface area contributed by atoms with Gasteiger partial charge in [-0.1, -0.05) is 0 Å². The predicted octanol–water partition coefficient (Wildman–Crippen LogP) is 1.70. The van der Waals surface area contributed by atoms with Crippen molar-refractivity contribution in [1.82, 2.24) is 10.0 Å². The summed E-state index contributed by atoms with van der Waals surface area (Å²) in [7, 11) is -3.57. The van der Waals surface area contributed by atoms with Gasteiger partial charge in [-0.25, -0.2) is 17.5 Å². The second-order valence-electron chi connectivity index (χ2n) is 5.84. The first-order valence-corrected chi connectivity index (χ1v) is 8.47. The molecule has 6 heteroatoms. The first-order valence-electron chi connectivity index (χ1n) is 6.98. The number of hydrogen-bond donors (Lipinski definition) is 2. The van der Waals surface area contributed by atoms with Gasteiger partial charge < -0.3 is 5.32 Å². The third-order valence-corrected chi connectivity index (χ3v) is 5.90. The van der Waals surface area contributed by atoms with E-state index in [9.17, 15) is 12.8 Å². The number of halogens is 1. The second-order valence-corrected chi connectivity index (χ2v) is 7.52. The number of hydrogen-bond acceptors (Lipinski definition) is 3. The second kappa shape index (κ2) is 5.09. The van der Waals surface area contributed by atoms with Gasteiger partial charge in [-0.2, -0.15) is 0 Å². The van der Waals surface area contributed by atoms with Crippen molar-refractivity contribution in [3.63, 3.8) is 0 Å². The lowest BCUT2D eigenvalue weighted by atomic mass is 10.0. The van der Waals surface area contributed by atoms with Gasteiger partial charge in [0.15, 0.2) is 0 Å². The SMILES string of the molecule is Cc1cc(F)ccc1S(=O)(=O)NC1CC2CCC(C1)N2. The summed E-state index contributed by atoms with van der Waals surface area (Å²) in [6.07, 6.45) is 3.91. The fourth-order valence-corrected chi connectivity index (χ4v) is 4.84. The molecule has 4 nitrogen and oxygen atoms in total. The molecule has 0 amide bonds. The third-order valence-electron chi connectivity index (χ3n) is 4.22. The summed E-state index contributed by atoms with van der Waals surface area (Å²) in [5, 5.41) is 3.48. The van der Waals surface area contributed by atoms with Gasteiger partial charge in [-0.3, -0.25) is 0 Å². The van der Waals surface area contributed by atoms with E-state index in [0.29, 0.717) is 17.6 Å². The minimum atomic E-state index is -3.57. The molecule has 1 aromatic rings. The smallest absolute Gasteiger partial charge is 0.241 e. The molecule has 2 saturated heterocycles. The number of nitrogens with one attached hydrogen (secondary N) is 2. The average molecular weight is 298 g/mol. The van der Waals surface area contributed by atoms with E-state index in [2.05, 4.69) is 10.0 Å². The Morgan fingerprint density at radius 3 is 2.50 bits per heavy atom. The third kappa shape index (κ3) is 2.73. The van der Waals surface area contributed by atoms with Crippen LogP contribution in [0.4, 0.5) is 4.39 Å². The monoisotopic (exact) mass is 298 g/mol. The van der Waals surface area contributed by atoms with Crippen molar-refractivity contribution in [2.24, 2.45) is 0 Å². The van der Waals surface area contributed by atoms with Gasteiger partial charge in [0.05, 0.1) is 4.90 Å². The van der Waals surface area contributed by atoms with Crippen LogP contribution in [0.25, 0.3) is 0 Å². The van der Waals surface area contributed by atoms with Crippen molar-refractivity contribution in [1.29, 1.82) is 0 Å². The van der Waals surface area contributed by atoms with Crippen LogP contribution in [0.3, 0.4) is 0 Å². The van der Waals surface area contributed by atoms with Gasteiger partial charge in [0.25, 0.3) is 0 Å². The molecule has 0 aliphatic carbocycles. The zero-order chi connectivity index (χ0) is 14.3. The van der Waals surface area contributed by atoms with Crippen LogP contribution in [0, 0.1) is 12.7 Å². The lowest BCUT2D eigenvalue weighted by Crippen LogP contribution is -2.48. The molecular weight excluding hydrogens is 279 g/mol. The molecule has 3 rings (SSSR count). The molecule has 20 heavy (non-hydrogen) atoms. The van der Waals surface area contributed by atoms with E-state index in [0.717, 1.165) is 25.7 Å². The molecule has 2 aliphatic heterocycles. The van der Waals surface area contributed by atoms with Crippen LogP contribution in [0.1, 0.15) is 31.2 Å². The highest BCUT2D eigenvalue weighted by Gasteiger charge is 2.35. The van der Waals surface area contributed by atoms with Crippen LogP contribution >= 0.6 is 0 Å². The number of aryl methyl sites for hydroxylation is 1. The van der Waals surface area contributed by atoms with Crippen molar-refractivity contribution >= 4 is 10.0 Å². The maximum absolute atomic E-state index is 13.1. The van der Waals surface area contributed by atoms with Gasteiger partial charge in [0, 0.05) is 18.1 Å². The zero-order valence-electron chi connectivity index (χ0n) is 11.4. The molecule has 2 heterocycles. The van der Waals surface area contributed by atoms with Gasteiger partial charge >= 0.3 is 0 Å². The van der Waals surface area contributed by atoms with Gasteiger partial charge in [0.1, 0.15) is 5.82 Å². The quantitative estimate of drug-likeness (QED) is 0.893. The molecule has 2 aliphatic rings. The highest BCUT2D eigenvalue weighted by Crippen LogP contribution is 2.28. The van der Waals surface area contributed by atoms with Crippen LogP contribution in [-0.2, 0) is 10.0 Å². The Morgan fingerprint density at radius 2 is 1.90 bits per heavy atom. The van der Waals surface area contributed by atoms with Crippen LogP contribution < -0.4 is 10.0 Å². The maximum Gasteiger partial charge on any atom is 0.241 e. The Morgan fingerprint density at radius 1 is 1.25 bits per heavy atom. The summed E-state index contributed by atoms with van der Waals surface area (Å²) >= 11 is 0. The number of benzene rings is 1. The Kier molecular flexibility index (Phi) is 3.56. The summed E-state index contributed by atoms with van der Waals surface area (Å²) in [5.41, 5.74) is 0.439. The normalized spacial score (nSPS) is 29.6. The van der Waals surface area contributed by atoms with E-state index in [4.69, 9.17) is 0 Å². The number of fused-ring (bicyclic) bond motifs is 2. The fourth-order valence-electron chi connectivity index (χ4n) is 3.35. The van der Waals surface area contributed by atoms with Gasteiger partial charge in [-0.05, 0) is 56.4 Å². The Balaban J connectivity index is 1.78. The van der Waals surface area contributed by atoms with E-state index in [1.54, 1.807) is 6.92 Å².